The monoisotopic (exact) mass is 195 g/mol. The minimum absolute atomic E-state index is 0.782. The molecule has 0 amide bonds. The molecule has 1 saturated carbocycles. The number of aryl methyl sites for hydroxylation is 1. The zero-order chi connectivity index (χ0) is 9.26. The average molecular weight is 195 g/mol. The van der Waals surface area contributed by atoms with E-state index in [9.17, 15) is 0 Å². The molecule has 1 heterocycles. The van der Waals surface area contributed by atoms with Crippen LogP contribution in [-0.4, -0.2) is 13.6 Å². The first kappa shape index (κ1) is 9.22. The van der Waals surface area contributed by atoms with E-state index >= 15 is 0 Å². The van der Waals surface area contributed by atoms with Gasteiger partial charge in [-0.25, -0.2) is 0 Å². The van der Waals surface area contributed by atoms with Crippen LogP contribution in [0.15, 0.2) is 11.4 Å². The predicted octanol–water partition coefficient (Wildman–Crippen LogP) is 2.77. The fourth-order valence-electron chi connectivity index (χ4n) is 1.96. The van der Waals surface area contributed by atoms with Crippen molar-refractivity contribution in [3.05, 3.63) is 21.9 Å². The molecule has 2 heteroatoms. The molecule has 2 rings (SSSR count). The first-order chi connectivity index (χ1) is 6.33. The third-order valence-electron chi connectivity index (χ3n) is 2.85. The van der Waals surface area contributed by atoms with Crippen LogP contribution in [0.25, 0.3) is 0 Å². The second-order valence-electron chi connectivity index (χ2n) is 3.97. The van der Waals surface area contributed by atoms with Crippen LogP contribution in [-0.2, 0) is 0 Å². The summed E-state index contributed by atoms with van der Waals surface area (Å²) in [6.07, 6.45) is 2.87. The molecule has 1 aliphatic carbocycles. The molecule has 1 nitrogen and oxygen atoms in total. The van der Waals surface area contributed by atoms with E-state index in [1.807, 2.05) is 11.3 Å². The van der Waals surface area contributed by atoms with Crippen LogP contribution in [0.1, 0.15) is 29.2 Å². The minimum Gasteiger partial charge on any atom is -0.319 e. The van der Waals surface area contributed by atoms with Gasteiger partial charge in [0.1, 0.15) is 0 Å². The van der Waals surface area contributed by atoms with Crippen LogP contribution < -0.4 is 5.32 Å². The maximum atomic E-state index is 3.31. The summed E-state index contributed by atoms with van der Waals surface area (Å²) in [5.74, 6) is 1.75. The van der Waals surface area contributed by atoms with Gasteiger partial charge in [0.15, 0.2) is 0 Å². The van der Waals surface area contributed by atoms with E-state index in [0.717, 1.165) is 18.4 Å². The van der Waals surface area contributed by atoms with Gasteiger partial charge in [-0.3, -0.25) is 0 Å². The second kappa shape index (κ2) is 3.81. The topological polar surface area (TPSA) is 12.0 Å². The number of thiophene rings is 1. The Hall–Kier alpha value is -0.340. The maximum Gasteiger partial charge on any atom is 0.0121 e. The third-order valence-corrected chi connectivity index (χ3v) is 4.00. The van der Waals surface area contributed by atoms with Gasteiger partial charge in [-0.1, -0.05) is 0 Å². The predicted molar refractivity (Wildman–Crippen MR) is 58.4 cm³/mol. The van der Waals surface area contributed by atoms with E-state index in [2.05, 4.69) is 30.7 Å². The summed E-state index contributed by atoms with van der Waals surface area (Å²) in [5.41, 5.74) is 1.48. The van der Waals surface area contributed by atoms with Crippen LogP contribution in [0.3, 0.4) is 0 Å². The number of rotatable bonds is 4. The SMILES string of the molecule is CNCC(c1sccc1C)C1CC1. The van der Waals surface area contributed by atoms with Gasteiger partial charge in [-0.2, -0.15) is 0 Å². The molecule has 1 N–H and O–H groups in total. The van der Waals surface area contributed by atoms with Crippen molar-refractivity contribution < 1.29 is 0 Å². The van der Waals surface area contributed by atoms with Crippen LogP contribution >= 0.6 is 11.3 Å². The molecule has 1 aliphatic rings. The third kappa shape index (κ3) is 1.94. The summed E-state index contributed by atoms with van der Waals surface area (Å²) in [6.45, 7) is 3.38. The highest BCUT2D eigenvalue weighted by Crippen LogP contribution is 2.44. The van der Waals surface area contributed by atoms with Gasteiger partial charge in [0.25, 0.3) is 0 Å². The smallest absolute Gasteiger partial charge is 0.0121 e. The molecule has 0 spiro atoms. The molecule has 1 unspecified atom stereocenters. The van der Waals surface area contributed by atoms with Gasteiger partial charge in [0.2, 0.25) is 0 Å². The van der Waals surface area contributed by atoms with Crippen molar-refractivity contribution in [2.45, 2.75) is 25.7 Å². The molecule has 0 aliphatic heterocycles. The highest BCUT2D eigenvalue weighted by atomic mass is 32.1. The highest BCUT2D eigenvalue weighted by molar-refractivity contribution is 7.10. The summed E-state index contributed by atoms with van der Waals surface area (Å²) in [6, 6.07) is 2.24. The summed E-state index contributed by atoms with van der Waals surface area (Å²) in [7, 11) is 2.05. The fourth-order valence-corrected chi connectivity index (χ4v) is 3.08. The first-order valence-corrected chi connectivity index (χ1v) is 5.89. The molecular formula is C11H17NS. The van der Waals surface area contributed by atoms with Crippen molar-refractivity contribution in [2.24, 2.45) is 5.92 Å². The van der Waals surface area contributed by atoms with Crippen LogP contribution in [0.2, 0.25) is 0 Å². The number of hydrogen-bond donors (Lipinski definition) is 1. The Labute approximate surface area is 84.2 Å². The highest BCUT2D eigenvalue weighted by Gasteiger charge is 2.32. The molecular weight excluding hydrogens is 178 g/mol. The number of hydrogen-bond acceptors (Lipinski definition) is 2. The summed E-state index contributed by atoms with van der Waals surface area (Å²) >= 11 is 1.93. The lowest BCUT2D eigenvalue weighted by Gasteiger charge is -2.15. The van der Waals surface area contributed by atoms with E-state index in [0.29, 0.717) is 0 Å². The van der Waals surface area contributed by atoms with E-state index < -0.39 is 0 Å². The Morgan fingerprint density at radius 1 is 1.62 bits per heavy atom. The van der Waals surface area contributed by atoms with E-state index in [4.69, 9.17) is 0 Å². The second-order valence-corrected chi connectivity index (χ2v) is 4.92. The molecule has 13 heavy (non-hydrogen) atoms. The summed E-state index contributed by atoms with van der Waals surface area (Å²) in [5, 5.41) is 5.53. The Morgan fingerprint density at radius 2 is 2.38 bits per heavy atom. The molecule has 0 radical (unpaired) electrons. The van der Waals surface area contributed by atoms with E-state index in [1.54, 1.807) is 4.88 Å². The lowest BCUT2D eigenvalue weighted by atomic mass is 9.99. The molecule has 1 aromatic heterocycles. The van der Waals surface area contributed by atoms with Gasteiger partial charge in [-0.15, -0.1) is 11.3 Å². The summed E-state index contributed by atoms with van der Waals surface area (Å²) < 4.78 is 0. The van der Waals surface area contributed by atoms with E-state index in [-0.39, 0.29) is 0 Å². The Morgan fingerprint density at radius 3 is 2.85 bits per heavy atom. The molecule has 1 aromatic rings. The number of nitrogens with one attached hydrogen (secondary N) is 1. The van der Waals surface area contributed by atoms with Gasteiger partial charge in [0.05, 0.1) is 0 Å². The largest absolute Gasteiger partial charge is 0.319 e. The van der Waals surface area contributed by atoms with Crippen LogP contribution in [0, 0.1) is 12.8 Å². The van der Waals surface area contributed by atoms with Crippen molar-refractivity contribution in [2.75, 3.05) is 13.6 Å². The molecule has 0 aromatic carbocycles. The lowest BCUT2D eigenvalue weighted by molar-refractivity contribution is 0.573. The van der Waals surface area contributed by atoms with Crippen LogP contribution in [0.4, 0.5) is 0 Å². The molecule has 1 fully saturated rings. The molecule has 0 bridgehead atoms. The van der Waals surface area contributed by atoms with Crippen LogP contribution in [0.5, 0.6) is 0 Å². The van der Waals surface area contributed by atoms with Crippen molar-refractivity contribution >= 4 is 11.3 Å². The number of likely N-dealkylation sites (N-methyl/N-ethyl adjacent to an activating group) is 1. The van der Waals surface area contributed by atoms with Crippen molar-refractivity contribution in [1.29, 1.82) is 0 Å². The molecule has 1 atom stereocenters. The van der Waals surface area contributed by atoms with Gasteiger partial charge >= 0.3 is 0 Å². The first-order valence-electron chi connectivity index (χ1n) is 5.01. The Bertz CT molecular complexity index is 275. The quantitative estimate of drug-likeness (QED) is 0.779. The fraction of sp³-hybridized carbons (Fsp3) is 0.636. The van der Waals surface area contributed by atoms with Gasteiger partial charge in [-0.05, 0) is 49.7 Å². The Balaban J connectivity index is 2.14. The zero-order valence-corrected chi connectivity index (χ0v) is 9.16. The Kier molecular flexibility index (Phi) is 2.70. The normalized spacial score (nSPS) is 18.9. The van der Waals surface area contributed by atoms with Crippen molar-refractivity contribution in [3.8, 4) is 0 Å². The molecule has 0 saturated heterocycles. The zero-order valence-electron chi connectivity index (χ0n) is 8.34. The minimum atomic E-state index is 0.782. The standard InChI is InChI=1S/C11H17NS/c1-8-5-6-13-11(8)10(7-12-2)9-3-4-9/h5-6,9-10,12H,3-4,7H2,1-2H3. The average Bonchev–Trinajstić information content (AvgIpc) is 2.86. The van der Waals surface area contributed by atoms with Crippen molar-refractivity contribution in [1.82, 2.24) is 5.32 Å². The van der Waals surface area contributed by atoms with Gasteiger partial charge < -0.3 is 5.32 Å². The van der Waals surface area contributed by atoms with Gasteiger partial charge in [0, 0.05) is 17.3 Å². The molecule has 72 valence electrons. The van der Waals surface area contributed by atoms with E-state index in [1.165, 1.54) is 18.4 Å². The lowest BCUT2D eigenvalue weighted by Crippen LogP contribution is -2.18. The maximum absolute atomic E-state index is 3.31. The summed E-state index contributed by atoms with van der Waals surface area (Å²) in [4.78, 5) is 1.61. The van der Waals surface area contributed by atoms with Crippen molar-refractivity contribution in [3.63, 3.8) is 0 Å².